The number of carbonyl (C=O) groups is 1. The first kappa shape index (κ1) is 21.2. The molecule has 0 atom stereocenters. The van der Waals surface area contributed by atoms with Crippen molar-refractivity contribution < 1.29 is 4.79 Å². The molecule has 2 aromatic rings. The highest BCUT2D eigenvalue weighted by Gasteiger charge is 2.28. The quantitative estimate of drug-likeness (QED) is 0.515. The summed E-state index contributed by atoms with van der Waals surface area (Å²) in [6.07, 6.45) is 7.95. The number of nitrogens with zero attached hydrogens (tertiary/aromatic N) is 2. The highest BCUT2D eigenvalue weighted by Crippen LogP contribution is 2.41. The van der Waals surface area contributed by atoms with E-state index in [1.165, 1.54) is 52.9 Å². The van der Waals surface area contributed by atoms with Crippen LogP contribution >= 0.6 is 0 Å². The van der Waals surface area contributed by atoms with Crippen LogP contribution in [0.5, 0.6) is 0 Å². The lowest BCUT2D eigenvalue weighted by molar-refractivity contribution is 0.0893. The molecule has 0 aromatic heterocycles. The van der Waals surface area contributed by atoms with E-state index in [0.29, 0.717) is 6.54 Å². The molecule has 0 saturated carbocycles. The van der Waals surface area contributed by atoms with Crippen molar-refractivity contribution in [2.75, 3.05) is 31.1 Å². The van der Waals surface area contributed by atoms with E-state index in [2.05, 4.69) is 35.1 Å². The second-order valence-electron chi connectivity index (χ2n) is 9.76. The van der Waals surface area contributed by atoms with E-state index in [-0.39, 0.29) is 5.78 Å². The fraction of sp³-hybridized carbons (Fsp3) is 0.414. The zero-order valence-electron chi connectivity index (χ0n) is 19.1. The number of Topliss-reactive ketones (excluding diaryl/α,β-unsaturated/α-hetero) is 1. The topological polar surface area (TPSA) is 23.6 Å². The van der Waals surface area contributed by atoms with Crippen molar-refractivity contribution in [3.63, 3.8) is 0 Å². The van der Waals surface area contributed by atoms with E-state index in [0.717, 1.165) is 56.8 Å². The van der Waals surface area contributed by atoms with E-state index in [1.807, 2.05) is 30.3 Å². The molecule has 0 bridgehead atoms. The van der Waals surface area contributed by atoms with E-state index in [1.54, 1.807) is 0 Å². The number of piperidine rings is 1. The van der Waals surface area contributed by atoms with E-state index in [9.17, 15) is 4.79 Å². The van der Waals surface area contributed by atoms with Gasteiger partial charge in [0.25, 0.3) is 0 Å². The van der Waals surface area contributed by atoms with Crippen LogP contribution in [0.25, 0.3) is 5.57 Å². The maximum absolute atomic E-state index is 12.5. The molecule has 0 aliphatic carbocycles. The maximum Gasteiger partial charge on any atom is 0.176 e. The number of ketones is 1. The molecular weight excluding hydrogens is 392 g/mol. The molecule has 3 heteroatoms. The van der Waals surface area contributed by atoms with Crippen LogP contribution < -0.4 is 4.90 Å². The lowest BCUT2D eigenvalue weighted by atomic mass is 9.87. The van der Waals surface area contributed by atoms with Crippen molar-refractivity contribution in [2.24, 2.45) is 5.92 Å². The second kappa shape index (κ2) is 9.07. The van der Waals surface area contributed by atoms with E-state index < -0.39 is 0 Å². The van der Waals surface area contributed by atoms with Gasteiger partial charge in [-0.3, -0.25) is 9.69 Å². The summed E-state index contributed by atoms with van der Waals surface area (Å²) in [7, 11) is 0. The summed E-state index contributed by atoms with van der Waals surface area (Å²) in [5.74, 6) is 0.974. The molecule has 0 amide bonds. The molecule has 2 aromatic carbocycles. The third-order valence-electron chi connectivity index (χ3n) is 7.64. The van der Waals surface area contributed by atoms with Crippen molar-refractivity contribution in [3.05, 3.63) is 83.6 Å². The summed E-state index contributed by atoms with van der Waals surface area (Å²) in [4.78, 5) is 17.2. The first-order valence-electron chi connectivity index (χ1n) is 12.2. The summed E-state index contributed by atoms with van der Waals surface area (Å²) in [6, 6.07) is 14.5. The highest BCUT2D eigenvalue weighted by atomic mass is 16.1. The fourth-order valence-corrected chi connectivity index (χ4v) is 5.64. The molecule has 3 aliphatic heterocycles. The highest BCUT2D eigenvalue weighted by molar-refractivity contribution is 5.97. The Balaban J connectivity index is 1.12. The first-order chi connectivity index (χ1) is 15.6. The molecule has 3 heterocycles. The third kappa shape index (κ3) is 4.31. The van der Waals surface area contributed by atoms with Crippen molar-refractivity contribution in [3.8, 4) is 0 Å². The summed E-state index contributed by atoms with van der Waals surface area (Å²) < 4.78 is 0. The van der Waals surface area contributed by atoms with Gasteiger partial charge in [-0.15, -0.1) is 0 Å². The number of hydrogen-bond donors (Lipinski definition) is 0. The van der Waals surface area contributed by atoms with Crippen LogP contribution in [0.15, 0.2) is 61.3 Å². The zero-order chi connectivity index (χ0) is 22.1. The van der Waals surface area contributed by atoms with E-state index in [4.69, 9.17) is 0 Å². The van der Waals surface area contributed by atoms with Crippen molar-refractivity contribution in [1.29, 1.82) is 0 Å². The number of allylic oxidation sites excluding steroid dienone is 2. The maximum atomic E-state index is 12.5. The van der Waals surface area contributed by atoms with Gasteiger partial charge in [0.2, 0.25) is 0 Å². The van der Waals surface area contributed by atoms with Gasteiger partial charge in [-0.2, -0.15) is 0 Å². The molecule has 0 spiro atoms. The van der Waals surface area contributed by atoms with Crippen LogP contribution in [0, 0.1) is 5.92 Å². The smallest absolute Gasteiger partial charge is 0.176 e. The molecule has 1 saturated heterocycles. The molecule has 1 fully saturated rings. The molecule has 32 heavy (non-hydrogen) atoms. The number of aryl methyl sites for hydroxylation is 1. The number of benzene rings is 2. The first-order valence-corrected chi connectivity index (χ1v) is 12.2. The molecule has 166 valence electrons. The minimum absolute atomic E-state index is 0.236. The Morgan fingerprint density at radius 1 is 0.938 bits per heavy atom. The summed E-state index contributed by atoms with van der Waals surface area (Å²) in [5, 5.41) is 0. The lowest BCUT2D eigenvalue weighted by Crippen LogP contribution is -2.37. The Bertz CT molecular complexity index is 1030. The average Bonchev–Trinajstić information content (AvgIpc) is 3.27. The number of rotatable bonds is 7. The van der Waals surface area contributed by atoms with Crippen LogP contribution in [-0.2, 0) is 12.8 Å². The molecule has 3 aliphatic rings. The van der Waals surface area contributed by atoms with Gasteiger partial charge in [0.1, 0.15) is 0 Å². The minimum Gasteiger partial charge on any atom is -0.345 e. The Labute approximate surface area is 192 Å². The van der Waals surface area contributed by atoms with Gasteiger partial charge < -0.3 is 4.90 Å². The second-order valence-corrected chi connectivity index (χ2v) is 9.76. The van der Waals surface area contributed by atoms with Gasteiger partial charge in [-0.1, -0.05) is 43.5 Å². The normalized spacial score (nSPS) is 18.6. The molecule has 5 rings (SSSR count). The Hall–Kier alpha value is -2.65. The molecule has 3 nitrogen and oxygen atoms in total. The van der Waals surface area contributed by atoms with Gasteiger partial charge in [-0.05, 0) is 98.3 Å². The van der Waals surface area contributed by atoms with Gasteiger partial charge in [0.15, 0.2) is 5.78 Å². The van der Waals surface area contributed by atoms with Crippen LogP contribution in [0.2, 0.25) is 0 Å². The Morgan fingerprint density at radius 2 is 1.66 bits per heavy atom. The van der Waals surface area contributed by atoms with Gasteiger partial charge in [-0.25, -0.2) is 0 Å². The van der Waals surface area contributed by atoms with Crippen LogP contribution in [0.1, 0.15) is 59.2 Å². The fourth-order valence-electron chi connectivity index (χ4n) is 5.64. The molecular formula is C29H34N2O. The molecule has 0 radical (unpaired) electrons. The predicted octanol–water partition coefficient (Wildman–Crippen LogP) is 5.90. The van der Waals surface area contributed by atoms with E-state index >= 15 is 0 Å². The lowest BCUT2D eigenvalue weighted by Gasteiger charge is -2.32. The van der Waals surface area contributed by atoms with Crippen LogP contribution in [-0.4, -0.2) is 36.9 Å². The van der Waals surface area contributed by atoms with Crippen LogP contribution in [0.4, 0.5) is 5.69 Å². The van der Waals surface area contributed by atoms with Crippen molar-refractivity contribution in [2.45, 2.75) is 44.9 Å². The Morgan fingerprint density at radius 3 is 2.41 bits per heavy atom. The van der Waals surface area contributed by atoms with Gasteiger partial charge in [0.05, 0.1) is 6.54 Å². The predicted molar refractivity (Wildman–Crippen MR) is 133 cm³/mol. The third-order valence-corrected chi connectivity index (χ3v) is 7.64. The number of likely N-dealkylation sites (tertiary alicyclic amines) is 1. The SMILES string of the molecule is C=C(CCC1CCN(CC(=O)c2ccccc2)CC1)c1cc2c3c(c1)CCN3C(=C)CC2. The Kier molecular flexibility index (Phi) is 6.01. The largest absolute Gasteiger partial charge is 0.345 e. The average molecular weight is 427 g/mol. The minimum atomic E-state index is 0.236. The van der Waals surface area contributed by atoms with Crippen LogP contribution in [0.3, 0.4) is 0 Å². The number of carbonyl (C=O) groups excluding carboxylic acids is 1. The van der Waals surface area contributed by atoms with Crippen molar-refractivity contribution in [1.82, 2.24) is 4.90 Å². The number of anilines is 1. The van der Waals surface area contributed by atoms with Crippen molar-refractivity contribution >= 4 is 17.0 Å². The van der Waals surface area contributed by atoms with Gasteiger partial charge >= 0.3 is 0 Å². The zero-order valence-corrected chi connectivity index (χ0v) is 19.1. The number of hydrogen-bond acceptors (Lipinski definition) is 3. The molecule has 0 N–H and O–H groups in total. The summed E-state index contributed by atoms with van der Waals surface area (Å²) in [6.45, 7) is 12.4. The van der Waals surface area contributed by atoms with Gasteiger partial charge in [0, 0.05) is 23.5 Å². The monoisotopic (exact) mass is 426 g/mol. The standard InChI is InChI=1S/C29H34N2O/c1-21(27-18-25-11-9-22(2)31-17-14-26(19-27)29(25)31)8-10-23-12-15-30(16-13-23)20-28(32)24-6-4-3-5-7-24/h3-7,18-19,23H,1-2,8-17,20H2. The summed E-state index contributed by atoms with van der Waals surface area (Å²) in [5.41, 5.74) is 9.14. The summed E-state index contributed by atoms with van der Waals surface area (Å²) >= 11 is 0. The molecule has 0 unspecified atom stereocenters.